The summed E-state index contributed by atoms with van der Waals surface area (Å²) in [5.41, 5.74) is 1.99. The maximum absolute atomic E-state index is 9.68. The van der Waals surface area contributed by atoms with Crippen LogP contribution in [0.1, 0.15) is 39.0 Å². The minimum atomic E-state index is 0.336. The largest absolute Gasteiger partial charge is 0.396 e. The fourth-order valence-electron chi connectivity index (χ4n) is 4.78. The standard InChI is InChI=1S/C13H20O/c1-2-9-6-7-13(8-14)11-5-3-4-10(11)12(9)13/h2,10-12,14H,3-8H2,1H3/b9-2-. The zero-order valence-corrected chi connectivity index (χ0v) is 9.00. The first-order valence-corrected chi connectivity index (χ1v) is 6.09. The molecule has 4 atom stereocenters. The number of fused-ring (bicyclic) bond motifs is 4. The lowest BCUT2D eigenvalue weighted by molar-refractivity contribution is -0.102. The van der Waals surface area contributed by atoms with E-state index in [4.69, 9.17) is 0 Å². The summed E-state index contributed by atoms with van der Waals surface area (Å²) in [6.45, 7) is 2.61. The summed E-state index contributed by atoms with van der Waals surface area (Å²) in [5, 5.41) is 9.68. The SMILES string of the molecule is C/C=C1/CCC2(CO)C3CCCC3C12. The van der Waals surface area contributed by atoms with E-state index in [1.807, 2.05) is 0 Å². The Morgan fingerprint density at radius 2 is 2.36 bits per heavy atom. The molecule has 0 spiro atoms. The van der Waals surface area contributed by atoms with Crippen molar-refractivity contribution in [3.8, 4) is 0 Å². The van der Waals surface area contributed by atoms with Gasteiger partial charge >= 0.3 is 0 Å². The lowest BCUT2D eigenvalue weighted by Gasteiger charge is -2.56. The predicted molar refractivity (Wildman–Crippen MR) is 56.8 cm³/mol. The van der Waals surface area contributed by atoms with Crippen LogP contribution in [0.2, 0.25) is 0 Å². The van der Waals surface area contributed by atoms with E-state index in [1.165, 1.54) is 32.1 Å². The first-order chi connectivity index (χ1) is 6.83. The smallest absolute Gasteiger partial charge is 0.0496 e. The Morgan fingerprint density at radius 1 is 1.50 bits per heavy atom. The van der Waals surface area contributed by atoms with Crippen LogP contribution in [-0.4, -0.2) is 11.7 Å². The quantitative estimate of drug-likeness (QED) is 0.633. The van der Waals surface area contributed by atoms with Crippen molar-refractivity contribution in [2.45, 2.75) is 39.0 Å². The van der Waals surface area contributed by atoms with Gasteiger partial charge in [0.2, 0.25) is 0 Å². The van der Waals surface area contributed by atoms with E-state index in [-0.39, 0.29) is 0 Å². The van der Waals surface area contributed by atoms with Gasteiger partial charge in [0.1, 0.15) is 0 Å². The maximum Gasteiger partial charge on any atom is 0.0496 e. The third kappa shape index (κ3) is 0.809. The van der Waals surface area contributed by atoms with Crippen molar-refractivity contribution < 1.29 is 5.11 Å². The molecule has 1 N–H and O–H groups in total. The zero-order chi connectivity index (χ0) is 9.76. The monoisotopic (exact) mass is 192 g/mol. The van der Waals surface area contributed by atoms with E-state index in [1.54, 1.807) is 5.57 Å². The van der Waals surface area contributed by atoms with E-state index in [9.17, 15) is 5.11 Å². The summed E-state index contributed by atoms with van der Waals surface area (Å²) in [6.07, 6.45) is 9.05. The lowest BCUT2D eigenvalue weighted by Crippen LogP contribution is -2.54. The number of aliphatic hydroxyl groups excluding tert-OH is 1. The molecule has 0 aromatic heterocycles. The molecule has 0 saturated heterocycles. The van der Waals surface area contributed by atoms with E-state index < -0.39 is 0 Å². The van der Waals surface area contributed by atoms with Crippen molar-refractivity contribution in [3.63, 3.8) is 0 Å². The van der Waals surface area contributed by atoms with Crippen molar-refractivity contribution in [1.29, 1.82) is 0 Å². The molecule has 14 heavy (non-hydrogen) atoms. The first kappa shape index (κ1) is 8.96. The summed E-state index contributed by atoms with van der Waals surface area (Å²) in [5.74, 6) is 2.58. The number of hydrogen-bond acceptors (Lipinski definition) is 1. The average Bonchev–Trinajstić information content (AvgIpc) is 2.73. The van der Waals surface area contributed by atoms with E-state index in [0.29, 0.717) is 12.0 Å². The molecule has 1 nitrogen and oxygen atoms in total. The van der Waals surface area contributed by atoms with Gasteiger partial charge in [-0.3, -0.25) is 0 Å². The maximum atomic E-state index is 9.68. The minimum absolute atomic E-state index is 0.336. The summed E-state index contributed by atoms with van der Waals surface area (Å²) in [7, 11) is 0. The van der Waals surface area contributed by atoms with Crippen molar-refractivity contribution >= 4 is 0 Å². The molecule has 3 aliphatic carbocycles. The van der Waals surface area contributed by atoms with Crippen LogP contribution < -0.4 is 0 Å². The Balaban J connectivity index is 1.96. The fourth-order valence-corrected chi connectivity index (χ4v) is 4.78. The third-order valence-electron chi connectivity index (χ3n) is 5.30. The highest BCUT2D eigenvalue weighted by molar-refractivity contribution is 5.28. The molecule has 3 aliphatic rings. The Kier molecular flexibility index (Phi) is 1.82. The predicted octanol–water partition coefficient (Wildman–Crippen LogP) is 2.75. The number of aliphatic hydroxyl groups is 1. The topological polar surface area (TPSA) is 20.2 Å². The van der Waals surface area contributed by atoms with Gasteiger partial charge in [0.05, 0.1) is 0 Å². The highest BCUT2D eigenvalue weighted by Crippen LogP contribution is 2.70. The van der Waals surface area contributed by atoms with Crippen LogP contribution in [0, 0.1) is 23.2 Å². The Hall–Kier alpha value is -0.300. The molecule has 0 bridgehead atoms. The van der Waals surface area contributed by atoms with Crippen molar-refractivity contribution in [2.75, 3.05) is 6.61 Å². The Bertz CT molecular complexity index is 281. The van der Waals surface area contributed by atoms with Crippen LogP contribution in [0.25, 0.3) is 0 Å². The highest BCUT2D eigenvalue weighted by atomic mass is 16.3. The van der Waals surface area contributed by atoms with Gasteiger partial charge in [0.25, 0.3) is 0 Å². The summed E-state index contributed by atoms with van der Waals surface area (Å²) in [4.78, 5) is 0. The van der Waals surface area contributed by atoms with Gasteiger partial charge in [-0.2, -0.15) is 0 Å². The van der Waals surface area contributed by atoms with Gasteiger partial charge in [-0.25, -0.2) is 0 Å². The average molecular weight is 192 g/mol. The van der Waals surface area contributed by atoms with Crippen molar-refractivity contribution in [2.24, 2.45) is 23.2 Å². The van der Waals surface area contributed by atoms with Gasteiger partial charge in [-0.05, 0) is 50.4 Å². The first-order valence-electron chi connectivity index (χ1n) is 6.09. The highest BCUT2D eigenvalue weighted by Gasteiger charge is 2.65. The van der Waals surface area contributed by atoms with Gasteiger partial charge in [-0.1, -0.05) is 18.1 Å². The van der Waals surface area contributed by atoms with E-state index >= 15 is 0 Å². The zero-order valence-electron chi connectivity index (χ0n) is 9.00. The van der Waals surface area contributed by atoms with E-state index in [0.717, 1.165) is 17.8 Å². The summed E-state index contributed by atoms with van der Waals surface area (Å²) < 4.78 is 0. The van der Waals surface area contributed by atoms with Crippen LogP contribution in [0.4, 0.5) is 0 Å². The van der Waals surface area contributed by atoms with Gasteiger partial charge in [0, 0.05) is 12.0 Å². The second-order valence-corrected chi connectivity index (χ2v) is 5.43. The molecule has 0 aromatic rings. The molecular weight excluding hydrogens is 172 g/mol. The van der Waals surface area contributed by atoms with Gasteiger partial charge in [0.15, 0.2) is 0 Å². The number of rotatable bonds is 1. The molecule has 0 aliphatic heterocycles. The molecule has 0 radical (unpaired) electrons. The molecule has 0 heterocycles. The summed E-state index contributed by atoms with van der Waals surface area (Å²) in [6, 6.07) is 0. The molecule has 4 unspecified atom stereocenters. The summed E-state index contributed by atoms with van der Waals surface area (Å²) >= 11 is 0. The fraction of sp³-hybridized carbons (Fsp3) is 0.846. The van der Waals surface area contributed by atoms with Crippen molar-refractivity contribution in [1.82, 2.24) is 0 Å². The molecule has 3 fully saturated rings. The van der Waals surface area contributed by atoms with Gasteiger partial charge in [-0.15, -0.1) is 0 Å². The second kappa shape index (κ2) is 2.85. The molecule has 0 aromatic carbocycles. The van der Waals surface area contributed by atoms with Crippen LogP contribution >= 0.6 is 0 Å². The Labute approximate surface area is 86.2 Å². The van der Waals surface area contributed by atoms with Crippen LogP contribution in [0.15, 0.2) is 11.6 Å². The van der Waals surface area contributed by atoms with Gasteiger partial charge < -0.3 is 5.11 Å². The molecule has 0 amide bonds. The van der Waals surface area contributed by atoms with Crippen molar-refractivity contribution in [3.05, 3.63) is 11.6 Å². The lowest BCUT2D eigenvalue weighted by atomic mass is 9.49. The second-order valence-electron chi connectivity index (χ2n) is 5.43. The molecule has 3 saturated carbocycles. The molecule has 1 heteroatoms. The molecular formula is C13H20O. The minimum Gasteiger partial charge on any atom is -0.396 e. The number of hydrogen-bond donors (Lipinski definition) is 1. The third-order valence-corrected chi connectivity index (χ3v) is 5.30. The Morgan fingerprint density at radius 3 is 3.07 bits per heavy atom. The van der Waals surface area contributed by atoms with Crippen LogP contribution in [0.5, 0.6) is 0 Å². The van der Waals surface area contributed by atoms with E-state index in [2.05, 4.69) is 13.0 Å². The normalized spacial score (nSPS) is 53.0. The molecule has 3 rings (SSSR count). The van der Waals surface area contributed by atoms with Crippen LogP contribution in [-0.2, 0) is 0 Å². The number of allylic oxidation sites excluding steroid dienone is 2. The van der Waals surface area contributed by atoms with Crippen LogP contribution in [0.3, 0.4) is 0 Å². The molecule has 78 valence electrons.